The number of guanidine groups is 1. The van der Waals surface area contributed by atoms with Crippen LogP contribution in [0, 0.1) is 0 Å². The number of hydrogen-bond donors (Lipinski definition) is 1. The van der Waals surface area contributed by atoms with E-state index in [1.807, 2.05) is 24.3 Å². The number of aromatic nitrogens is 2. The second kappa shape index (κ2) is 14.2. The van der Waals surface area contributed by atoms with Gasteiger partial charge in [-0.1, -0.05) is 62.3 Å². The van der Waals surface area contributed by atoms with Crippen LogP contribution in [0.5, 0.6) is 0 Å². The second-order valence-electron chi connectivity index (χ2n) is 15.2. The van der Waals surface area contributed by atoms with Crippen molar-refractivity contribution < 1.29 is 36.8 Å². The summed E-state index contributed by atoms with van der Waals surface area (Å²) in [6.07, 6.45) is -4.64. The van der Waals surface area contributed by atoms with Crippen LogP contribution in [0.3, 0.4) is 0 Å². The maximum Gasteiger partial charge on any atom is 0.437 e. The van der Waals surface area contributed by atoms with Crippen molar-refractivity contribution >= 4 is 18.1 Å². The van der Waals surface area contributed by atoms with E-state index in [9.17, 15) is 22.8 Å². The summed E-state index contributed by atoms with van der Waals surface area (Å²) in [6, 6.07) is 11.4. The molecular formula is C36H46F3N5O5. The average Bonchev–Trinajstić information content (AvgIpc) is 3.63. The summed E-state index contributed by atoms with van der Waals surface area (Å²) in [6.45, 7) is 16.8. The Balaban J connectivity index is 1.58. The monoisotopic (exact) mass is 685 g/mol. The standard InChI is InChI=1S/C36H46F3N5O5/c1-33(2,3)25-18-13-22(14-19-25)12-15-23-16-17-24(21-26(23)36(37,38)39)28-40-29(49-43-28)27-11-10-20-44(27)30(41-31(45)47-34(4,5)6)42-32(46)48-35(7,8)9/h13-14,16-19,21,27H,10-12,15,20H2,1-9H3,(H,41,42,45,46). The van der Waals surface area contributed by atoms with E-state index in [0.717, 1.165) is 17.2 Å². The Labute approximate surface area is 285 Å². The smallest absolute Gasteiger partial charge is 0.437 e. The van der Waals surface area contributed by atoms with Crippen molar-refractivity contribution in [2.75, 3.05) is 6.54 Å². The van der Waals surface area contributed by atoms with Crippen LogP contribution in [0.4, 0.5) is 22.8 Å². The number of nitrogens with one attached hydrogen (secondary N) is 1. The molecule has 0 saturated carbocycles. The molecule has 4 rings (SSSR count). The van der Waals surface area contributed by atoms with Crippen LogP contribution >= 0.6 is 0 Å². The number of amides is 2. The van der Waals surface area contributed by atoms with E-state index in [1.54, 1.807) is 52.5 Å². The van der Waals surface area contributed by atoms with E-state index in [-0.39, 0.29) is 40.6 Å². The molecule has 266 valence electrons. The van der Waals surface area contributed by atoms with Gasteiger partial charge in [0.2, 0.25) is 17.7 Å². The molecule has 1 aromatic heterocycles. The van der Waals surface area contributed by atoms with Crippen molar-refractivity contribution in [3.8, 4) is 11.4 Å². The number of alkyl halides is 3. The van der Waals surface area contributed by atoms with Crippen LogP contribution in [0.2, 0.25) is 0 Å². The fourth-order valence-corrected chi connectivity index (χ4v) is 5.34. The minimum atomic E-state index is -4.60. The predicted molar refractivity (Wildman–Crippen MR) is 179 cm³/mol. The molecule has 2 aromatic carbocycles. The number of benzene rings is 2. The van der Waals surface area contributed by atoms with E-state index in [2.05, 4.69) is 41.2 Å². The molecule has 1 N–H and O–H groups in total. The van der Waals surface area contributed by atoms with Crippen molar-refractivity contribution in [1.82, 2.24) is 20.4 Å². The first-order valence-electron chi connectivity index (χ1n) is 16.3. The van der Waals surface area contributed by atoms with Gasteiger partial charge in [0.05, 0.1) is 5.56 Å². The SMILES string of the molecule is CC(C)(C)OC(=O)N=C(NC(=O)OC(C)(C)C)N1CCCC1c1nc(-c2ccc(CCc3ccc(C(C)(C)C)cc3)c(C(F)(F)F)c2)no1. The zero-order valence-electron chi connectivity index (χ0n) is 29.6. The zero-order chi connectivity index (χ0) is 36.4. The molecule has 10 nitrogen and oxygen atoms in total. The maximum absolute atomic E-state index is 14.3. The van der Waals surface area contributed by atoms with Gasteiger partial charge in [0, 0.05) is 12.1 Å². The third-order valence-corrected chi connectivity index (χ3v) is 7.63. The van der Waals surface area contributed by atoms with E-state index in [0.29, 0.717) is 25.8 Å². The van der Waals surface area contributed by atoms with Gasteiger partial charge in [-0.15, -0.1) is 4.99 Å². The van der Waals surface area contributed by atoms with Crippen molar-refractivity contribution in [2.24, 2.45) is 4.99 Å². The summed E-state index contributed by atoms with van der Waals surface area (Å²) in [7, 11) is 0. The number of alkyl carbamates (subject to hydrolysis) is 1. The molecule has 0 radical (unpaired) electrons. The molecule has 1 aliphatic rings. The second-order valence-corrected chi connectivity index (χ2v) is 15.2. The van der Waals surface area contributed by atoms with Crippen LogP contribution < -0.4 is 5.32 Å². The number of hydrogen-bond acceptors (Lipinski definition) is 7. The molecule has 3 aromatic rings. The van der Waals surface area contributed by atoms with Crippen LogP contribution in [-0.4, -0.2) is 50.9 Å². The molecule has 0 aliphatic carbocycles. The molecule has 1 atom stereocenters. The quantitative estimate of drug-likeness (QED) is 0.209. The van der Waals surface area contributed by atoms with Gasteiger partial charge in [0.1, 0.15) is 17.2 Å². The molecule has 2 heterocycles. The maximum atomic E-state index is 14.3. The number of likely N-dealkylation sites (tertiary alicyclic amines) is 1. The number of carbonyl (C=O) groups is 2. The highest BCUT2D eigenvalue weighted by atomic mass is 19.4. The number of aliphatic imine (C=N–C) groups is 1. The topological polar surface area (TPSA) is 119 Å². The number of aryl methyl sites for hydroxylation is 2. The number of carbonyl (C=O) groups excluding carboxylic acids is 2. The lowest BCUT2D eigenvalue weighted by Gasteiger charge is -2.27. The molecule has 49 heavy (non-hydrogen) atoms. The molecule has 13 heteroatoms. The van der Waals surface area contributed by atoms with Gasteiger partial charge in [-0.25, -0.2) is 9.59 Å². The Morgan fingerprint density at radius 3 is 2.18 bits per heavy atom. The normalized spacial score (nSPS) is 16.1. The van der Waals surface area contributed by atoms with Gasteiger partial charge < -0.3 is 18.9 Å². The third kappa shape index (κ3) is 10.5. The Morgan fingerprint density at radius 1 is 0.939 bits per heavy atom. The van der Waals surface area contributed by atoms with Crippen molar-refractivity contribution in [3.63, 3.8) is 0 Å². The fourth-order valence-electron chi connectivity index (χ4n) is 5.34. The minimum Gasteiger partial charge on any atom is -0.444 e. The molecular weight excluding hydrogens is 639 g/mol. The number of ether oxygens (including phenoxy) is 2. The van der Waals surface area contributed by atoms with Gasteiger partial charge in [0.15, 0.2) is 0 Å². The van der Waals surface area contributed by atoms with Crippen molar-refractivity contribution in [1.29, 1.82) is 0 Å². The fraction of sp³-hybridized carbons (Fsp3) is 0.528. The first-order chi connectivity index (χ1) is 22.6. The van der Waals surface area contributed by atoms with Crippen LogP contribution in [0.1, 0.15) is 109 Å². The average molecular weight is 686 g/mol. The van der Waals surface area contributed by atoms with Crippen molar-refractivity contribution in [3.05, 3.63) is 70.6 Å². The van der Waals surface area contributed by atoms with Gasteiger partial charge >= 0.3 is 18.4 Å². The lowest BCUT2D eigenvalue weighted by Crippen LogP contribution is -2.46. The van der Waals surface area contributed by atoms with Crippen molar-refractivity contribution in [2.45, 2.75) is 117 Å². The number of halogens is 3. The van der Waals surface area contributed by atoms with E-state index in [1.165, 1.54) is 6.07 Å². The lowest BCUT2D eigenvalue weighted by atomic mass is 9.86. The third-order valence-electron chi connectivity index (χ3n) is 7.63. The highest BCUT2D eigenvalue weighted by Crippen LogP contribution is 2.37. The van der Waals surface area contributed by atoms with Crippen LogP contribution in [-0.2, 0) is 33.9 Å². The Kier molecular flexibility index (Phi) is 10.8. The van der Waals surface area contributed by atoms with Crippen LogP contribution in [0.25, 0.3) is 11.4 Å². The zero-order valence-corrected chi connectivity index (χ0v) is 29.6. The van der Waals surface area contributed by atoms with E-state index >= 15 is 0 Å². The predicted octanol–water partition coefficient (Wildman–Crippen LogP) is 8.79. The molecule has 0 bridgehead atoms. The lowest BCUT2D eigenvalue weighted by molar-refractivity contribution is -0.138. The summed E-state index contributed by atoms with van der Waals surface area (Å²) in [5.41, 5.74) is -0.0410. The number of nitrogens with zero attached hydrogens (tertiary/aromatic N) is 4. The Bertz CT molecular complexity index is 1660. The summed E-state index contributed by atoms with van der Waals surface area (Å²) in [5, 5.41) is 6.53. The summed E-state index contributed by atoms with van der Waals surface area (Å²) in [5.74, 6) is -0.0726. The molecule has 1 fully saturated rings. The summed E-state index contributed by atoms with van der Waals surface area (Å²) in [4.78, 5) is 35.4. The first kappa shape index (κ1) is 37.4. The Hall–Kier alpha value is -4.42. The van der Waals surface area contributed by atoms with Gasteiger partial charge in [-0.3, -0.25) is 5.32 Å². The van der Waals surface area contributed by atoms with E-state index in [4.69, 9.17) is 14.0 Å². The molecule has 0 spiro atoms. The van der Waals surface area contributed by atoms with E-state index < -0.39 is 41.2 Å². The Morgan fingerprint density at radius 2 is 1.59 bits per heavy atom. The van der Waals surface area contributed by atoms with Gasteiger partial charge in [-0.2, -0.15) is 18.2 Å². The molecule has 1 saturated heterocycles. The summed E-state index contributed by atoms with van der Waals surface area (Å²) >= 11 is 0. The first-order valence-corrected chi connectivity index (χ1v) is 16.3. The molecule has 2 amide bonds. The largest absolute Gasteiger partial charge is 0.444 e. The minimum absolute atomic E-state index is 0.0180. The summed E-state index contributed by atoms with van der Waals surface area (Å²) < 4.78 is 59.1. The number of rotatable bonds is 5. The van der Waals surface area contributed by atoms with Gasteiger partial charge in [-0.05, 0) is 95.4 Å². The highest BCUT2D eigenvalue weighted by molar-refractivity contribution is 5.99. The highest BCUT2D eigenvalue weighted by Gasteiger charge is 2.37. The van der Waals surface area contributed by atoms with Crippen LogP contribution in [0.15, 0.2) is 52.0 Å². The molecule has 1 unspecified atom stereocenters. The molecule has 1 aliphatic heterocycles. The van der Waals surface area contributed by atoms with Gasteiger partial charge in [0.25, 0.3) is 0 Å².